The van der Waals surface area contributed by atoms with Gasteiger partial charge in [0, 0.05) is 13.6 Å². The predicted molar refractivity (Wildman–Crippen MR) is 70.3 cm³/mol. The molecule has 0 saturated carbocycles. The van der Waals surface area contributed by atoms with Crippen LogP contribution in [-0.2, 0) is 16.6 Å². The summed E-state index contributed by atoms with van der Waals surface area (Å²) in [5, 5.41) is 9.23. The first-order valence-electron chi connectivity index (χ1n) is 6.64. The van der Waals surface area contributed by atoms with Crippen LogP contribution in [0.2, 0.25) is 0 Å². The maximum atomic E-state index is 12.6. The molecule has 7 nitrogen and oxygen atoms in total. The first-order chi connectivity index (χ1) is 9.56. The summed E-state index contributed by atoms with van der Waals surface area (Å²) < 4.78 is 6.89. The zero-order chi connectivity index (χ0) is 14.7. The normalized spacial score (nSPS) is 21.9. The fourth-order valence-corrected chi connectivity index (χ4v) is 2.46. The molecular weight excluding hydrogens is 262 g/mol. The molecule has 1 saturated heterocycles. The number of rotatable bonds is 5. The Morgan fingerprint density at radius 1 is 1.55 bits per heavy atom. The van der Waals surface area contributed by atoms with E-state index in [1.807, 2.05) is 6.92 Å². The molecule has 1 N–H and O–H groups in total. The number of imidazole rings is 1. The molecule has 7 heteroatoms. The lowest BCUT2D eigenvalue weighted by molar-refractivity contribution is -0.142. The quantitative estimate of drug-likeness (QED) is 0.843. The molecule has 0 radical (unpaired) electrons. The predicted octanol–water partition coefficient (Wildman–Crippen LogP) is 0.372. The molecule has 0 spiro atoms. The summed E-state index contributed by atoms with van der Waals surface area (Å²) in [6.45, 7) is 2.87. The molecule has 1 amide bonds. The highest BCUT2D eigenvalue weighted by Gasteiger charge is 2.40. The second-order valence-corrected chi connectivity index (χ2v) is 4.94. The molecule has 0 aliphatic carbocycles. The third-order valence-corrected chi connectivity index (χ3v) is 3.53. The van der Waals surface area contributed by atoms with Gasteiger partial charge in [-0.15, -0.1) is 0 Å². The highest BCUT2D eigenvalue weighted by Crippen LogP contribution is 2.22. The van der Waals surface area contributed by atoms with Gasteiger partial charge in [0.05, 0.1) is 31.8 Å². The molecule has 1 aromatic heterocycles. The van der Waals surface area contributed by atoms with E-state index in [2.05, 4.69) is 4.98 Å². The topological polar surface area (TPSA) is 84.7 Å². The van der Waals surface area contributed by atoms with Crippen LogP contribution in [0.1, 0.15) is 23.8 Å². The van der Waals surface area contributed by atoms with Crippen LogP contribution < -0.4 is 0 Å². The minimum atomic E-state index is -0.925. The number of aryl methyl sites for hydroxylation is 1. The average Bonchev–Trinajstić information content (AvgIpc) is 3.03. The van der Waals surface area contributed by atoms with E-state index in [0.717, 1.165) is 6.42 Å². The minimum absolute atomic E-state index is 0.152. The largest absolute Gasteiger partial charge is 0.481 e. The number of amides is 1. The summed E-state index contributed by atoms with van der Waals surface area (Å²) in [7, 11) is 1.74. The van der Waals surface area contributed by atoms with Gasteiger partial charge in [0.1, 0.15) is 11.6 Å². The van der Waals surface area contributed by atoms with Crippen molar-refractivity contribution in [1.29, 1.82) is 0 Å². The Hall–Kier alpha value is -1.89. The van der Waals surface area contributed by atoms with Crippen LogP contribution in [0, 0.1) is 5.92 Å². The molecule has 1 aliphatic rings. The number of carbonyl (C=O) groups excluding carboxylic acids is 1. The van der Waals surface area contributed by atoms with Crippen molar-refractivity contribution in [3.05, 3.63) is 18.2 Å². The smallest absolute Gasteiger partial charge is 0.311 e. The maximum absolute atomic E-state index is 12.6. The highest BCUT2D eigenvalue weighted by atomic mass is 16.5. The number of hydrogen-bond donors (Lipinski definition) is 1. The van der Waals surface area contributed by atoms with Crippen LogP contribution in [0.5, 0.6) is 0 Å². The van der Waals surface area contributed by atoms with Crippen molar-refractivity contribution < 1.29 is 19.4 Å². The van der Waals surface area contributed by atoms with Gasteiger partial charge in [-0.25, -0.2) is 4.98 Å². The molecule has 0 aromatic carbocycles. The Kier molecular flexibility index (Phi) is 4.39. The van der Waals surface area contributed by atoms with Gasteiger partial charge < -0.3 is 19.3 Å². The van der Waals surface area contributed by atoms with Gasteiger partial charge in [0.2, 0.25) is 0 Å². The summed E-state index contributed by atoms with van der Waals surface area (Å²) in [6.07, 6.45) is 3.81. The lowest BCUT2D eigenvalue weighted by Gasteiger charge is -2.30. The van der Waals surface area contributed by atoms with Crippen LogP contribution in [0.3, 0.4) is 0 Å². The molecule has 1 aromatic rings. The number of aliphatic carboxylic acids is 1. The summed E-state index contributed by atoms with van der Waals surface area (Å²) in [6, 6.07) is -0.421. The second-order valence-electron chi connectivity index (χ2n) is 4.94. The number of nitrogens with zero attached hydrogens (tertiary/aromatic N) is 3. The molecule has 2 heterocycles. The van der Waals surface area contributed by atoms with E-state index in [0.29, 0.717) is 12.2 Å². The second kappa shape index (κ2) is 6.04. The van der Waals surface area contributed by atoms with Crippen LogP contribution in [0.15, 0.2) is 12.5 Å². The van der Waals surface area contributed by atoms with Crippen molar-refractivity contribution in [2.75, 3.05) is 19.8 Å². The molecule has 2 atom stereocenters. The molecule has 1 fully saturated rings. The molecule has 0 bridgehead atoms. The van der Waals surface area contributed by atoms with Gasteiger partial charge in [-0.2, -0.15) is 0 Å². The van der Waals surface area contributed by atoms with Gasteiger partial charge in [0.25, 0.3) is 5.91 Å². The maximum Gasteiger partial charge on any atom is 0.311 e. The number of carboxylic acid groups (broad SMARTS) is 1. The van der Waals surface area contributed by atoms with Gasteiger partial charge in [-0.05, 0) is 6.42 Å². The van der Waals surface area contributed by atoms with Crippen molar-refractivity contribution >= 4 is 11.9 Å². The average molecular weight is 281 g/mol. The number of carbonyl (C=O) groups is 2. The highest BCUT2D eigenvalue weighted by molar-refractivity contribution is 5.93. The summed E-state index contributed by atoms with van der Waals surface area (Å²) in [4.78, 5) is 29.4. The van der Waals surface area contributed by atoms with E-state index in [4.69, 9.17) is 4.74 Å². The lowest BCUT2D eigenvalue weighted by Crippen LogP contribution is -2.47. The monoisotopic (exact) mass is 281 g/mol. The molecule has 2 rings (SSSR count). The van der Waals surface area contributed by atoms with Crippen LogP contribution in [-0.4, -0.2) is 57.2 Å². The first-order valence-corrected chi connectivity index (χ1v) is 6.64. The van der Waals surface area contributed by atoms with Crippen LogP contribution in [0.25, 0.3) is 0 Å². The van der Waals surface area contributed by atoms with Crippen molar-refractivity contribution in [2.45, 2.75) is 19.4 Å². The summed E-state index contributed by atoms with van der Waals surface area (Å²) in [5.41, 5.74) is 0.453. The Morgan fingerprint density at radius 3 is 2.85 bits per heavy atom. The van der Waals surface area contributed by atoms with Crippen molar-refractivity contribution in [1.82, 2.24) is 14.5 Å². The fraction of sp³-hybridized carbons (Fsp3) is 0.615. The number of aromatic nitrogens is 2. The molecular formula is C13H19N3O4. The fourth-order valence-electron chi connectivity index (χ4n) is 2.46. The third-order valence-electron chi connectivity index (χ3n) is 3.53. The zero-order valence-electron chi connectivity index (χ0n) is 11.7. The van der Waals surface area contributed by atoms with Crippen LogP contribution in [0.4, 0.5) is 0 Å². The van der Waals surface area contributed by atoms with Gasteiger partial charge in [-0.1, -0.05) is 6.92 Å². The van der Waals surface area contributed by atoms with Crippen molar-refractivity contribution in [3.63, 3.8) is 0 Å². The van der Waals surface area contributed by atoms with E-state index in [1.54, 1.807) is 22.8 Å². The first kappa shape index (κ1) is 14.5. The van der Waals surface area contributed by atoms with Gasteiger partial charge in [-0.3, -0.25) is 9.59 Å². The van der Waals surface area contributed by atoms with Crippen molar-refractivity contribution in [2.24, 2.45) is 13.0 Å². The lowest BCUT2D eigenvalue weighted by atomic mass is 10.0. The third kappa shape index (κ3) is 2.67. The van der Waals surface area contributed by atoms with Crippen LogP contribution >= 0.6 is 0 Å². The SMILES string of the molecule is CCCN(C(=O)c1cncn1C)C1COCC1C(=O)O. The number of ether oxygens (including phenoxy) is 1. The molecule has 1 aliphatic heterocycles. The zero-order valence-corrected chi connectivity index (χ0v) is 11.7. The molecule has 20 heavy (non-hydrogen) atoms. The molecule has 2 unspecified atom stereocenters. The Morgan fingerprint density at radius 2 is 2.30 bits per heavy atom. The van der Waals surface area contributed by atoms with E-state index >= 15 is 0 Å². The number of carboxylic acids is 1. The van der Waals surface area contributed by atoms with E-state index in [1.165, 1.54) is 6.20 Å². The summed E-state index contributed by atoms with van der Waals surface area (Å²) >= 11 is 0. The van der Waals surface area contributed by atoms with E-state index < -0.39 is 17.9 Å². The van der Waals surface area contributed by atoms with E-state index in [-0.39, 0.29) is 19.1 Å². The Balaban J connectivity index is 2.24. The van der Waals surface area contributed by atoms with Gasteiger partial charge >= 0.3 is 5.97 Å². The minimum Gasteiger partial charge on any atom is -0.481 e. The summed E-state index contributed by atoms with van der Waals surface area (Å²) in [5.74, 6) is -1.79. The van der Waals surface area contributed by atoms with Gasteiger partial charge in [0.15, 0.2) is 0 Å². The molecule has 110 valence electrons. The standard InChI is InChI=1S/C13H19N3O4/c1-3-4-16(11-7-20-6-9(11)13(18)19)12(17)10-5-14-8-15(10)2/h5,8-9,11H,3-4,6-7H2,1-2H3,(H,18,19). The Bertz CT molecular complexity index is 500. The number of hydrogen-bond acceptors (Lipinski definition) is 4. The Labute approximate surface area is 117 Å². The van der Waals surface area contributed by atoms with Crippen molar-refractivity contribution in [3.8, 4) is 0 Å². The van der Waals surface area contributed by atoms with E-state index in [9.17, 15) is 14.7 Å².